The zero-order valence-electron chi connectivity index (χ0n) is 18.9. The van der Waals surface area contributed by atoms with Gasteiger partial charge in [0.15, 0.2) is 13.2 Å². The van der Waals surface area contributed by atoms with Gasteiger partial charge >= 0.3 is 24.3 Å². The normalized spacial score (nSPS) is 26.5. The molecular formula is C21H31F7N2O4. The van der Waals surface area contributed by atoms with Gasteiger partial charge in [-0.2, -0.15) is 22.0 Å². The summed E-state index contributed by atoms with van der Waals surface area (Å²) in [6, 6.07) is -0.463. The largest absolute Gasteiger partial charge is 0.456 e. The van der Waals surface area contributed by atoms with Crippen LogP contribution in [0.2, 0.25) is 0 Å². The fourth-order valence-electron chi connectivity index (χ4n) is 4.40. The molecule has 0 aromatic rings. The fourth-order valence-corrected chi connectivity index (χ4v) is 4.40. The monoisotopic (exact) mass is 508 g/mol. The van der Waals surface area contributed by atoms with E-state index in [-0.39, 0.29) is 12.1 Å². The number of ether oxygens (including phenoxy) is 2. The number of hydrogen-bond donors (Lipinski definition) is 2. The van der Waals surface area contributed by atoms with Crippen molar-refractivity contribution >= 4 is 12.2 Å². The lowest BCUT2D eigenvalue weighted by molar-refractivity contribution is -0.292. The Morgan fingerprint density at radius 1 is 0.706 bits per heavy atom. The van der Waals surface area contributed by atoms with Crippen LogP contribution < -0.4 is 10.6 Å². The summed E-state index contributed by atoms with van der Waals surface area (Å²) >= 11 is 0. The third kappa shape index (κ3) is 9.73. The van der Waals surface area contributed by atoms with Crippen LogP contribution >= 0.6 is 0 Å². The van der Waals surface area contributed by atoms with Crippen LogP contribution in [-0.2, 0) is 9.47 Å². The Balaban J connectivity index is 1.60. The molecule has 0 radical (unpaired) electrons. The van der Waals surface area contributed by atoms with E-state index in [0.717, 1.165) is 32.1 Å². The topological polar surface area (TPSA) is 76.7 Å². The zero-order valence-corrected chi connectivity index (χ0v) is 18.9. The molecule has 0 saturated heterocycles. The summed E-state index contributed by atoms with van der Waals surface area (Å²) in [4.78, 5) is 23.2. The molecule has 34 heavy (non-hydrogen) atoms. The standard InChI is InChI=1S/C21H31F7N2O4/c1-19(22,23)11-33-17(31)29-15-6-2-13(3-7-15)10-14-4-8-16(9-5-14)30-18(32)34-12-20(24,25)21(26,27)28/h13-16H,2-12H2,1H3,(H,29,31)(H,30,32). The van der Waals surface area contributed by atoms with Crippen molar-refractivity contribution in [2.24, 2.45) is 11.8 Å². The average Bonchev–Trinajstić information content (AvgIpc) is 2.72. The molecule has 0 heterocycles. The van der Waals surface area contributed by atoms with Crippen molar-refractivity contribution in [2.75, 3.05) is 13.2 Å². The van der Waals surface area contributed by atoms with Gasteiger partial charge in [0, 0.05) is 19.0 Å². The summed E-state index contributed by atoms with van der Waals surface area (Å²) in [5.41, 5.74) is 0. The number of hydrogen-bond acceptors (Lipinski definition) is 4. The fraction of sp³-hybridized carbons (Fsp3) is 0.905. The Morgan fingerprint density at radius 2 is 1.09 bits per heavy atom. The number of nitrogens with one attached hydrogen (secondary N) is 2. The van der Waals surface area contributed by atoms with Crippen LogP contribution in [0.4, 0.5) is 40.3 Å². The molecule has 0 spiro atoms. The molecule has 2 rings (SSSR count). The highest BCUT2D eigenvalue weighted by atomic mass is 19.4. The third-order valence-electron chi connectivity index (χ3n) is 6.26. The maximum atomic E-state index is 12.8. The van der Waals surface area contributed by atoms with Crippen LogP contribution in [0, 0.1) is 11.8 Å². The van der Waals surface area contributed by atoms with Crippen LogP contribution in [0.5, 0.6) is 0 Å². The molecule has 2 aliphatic rings. The molecule has 13 heteroatoms. The van der Waals surface area contributed by atoms with Crippen LogP contribution in [0.1, 0.15) is 64.7 Å². The van der Waals surface area contributed by atoms with Crippen molar-refractivity contribution in [1.29, 1.82) is 0 Å². The van der Waals surface area contributed by atoms with Crippen molar-refractivity contribution in [3.05, 3.63) is 0 Å². The number of alkyl halides is 7. The number of carbonyl (C=O) groups excluding carboxylic acids is 2. The second-order valence-electron chi connectivity index (χ2n) is 9.38. The van der Waals surface area contributed by atoms with Gasteiger partial charge in [-0.3, -0.25) is 0 Å². The van der Waals surface area contributed by atoms with Crippen LogP contribution in [0.25, 0.3) is 0 Å². The minimum atomic E-state index is -5.78. The van der Waals surface area contributed by atoms with Gasteiger partial charge in [0.1, 0.15) is 0 Å². The Morgan fingerprint density at radius 3 is 1.44 bits per heavy atom. The molecule has 0 aliphatic heterocycles. The first-order valence-corrected chi connectivity index (χ1v) is 11.3. The van der Waals surface area contributed by atoms with Gasteiger partial charge in [-0.25, -0.2) is 18.4 Å². The zero-order chi connectivity index (χ0) is 25.6. The van der Waals surface area contributed by atoms with Gasteiger partial charge in [0.25, 0.3) is 5.92 Å². The quantitative estimate of drug-likeness (QED) is 0.407. The van der Waals surface area contributed by atoms with E-state index in [9.17, 15) is 40.3 Å². The van der Waals surface area contributed by atoms with E-state index in [0.29, 0.717) is 44.4 Å². The molecule has 2 fully saturated rings. The van der Waals surface area contributed by atoms with Gasteiger partial charge in [0.05, 0.1) is 0 Å². The Labute approximate surface area is 193 Å². The summed E-state index contributed by atoms with van der Waals surface area (Å²) in [5.74, 6) is -7.33. The predicted molar refractivity (Wildman–Crippen MR) is 107 cm³/mol. The average molecular weight is 508 g/mol. The molecule has 2 amide bonds. The lowest BCUT2D eigenvalue weighted by Crippen LogP contribution is -2.44. The Hall–Kier alpha value is -1.95. The van der Waals surface area contributed by atoms with E-state index in [1.165, 1.54) is 0 Å². The van der Waals surface area contributed by atoms with Gasteiger partial charge < -0.3 is 20.1 Å². The van der Waals surface area contributed by atoms with Crippen LogP contribution in [-0.4, -0.2) is 55.5 Å². The van der Waals surface area contributed by atoms with Crippen molar-refractivity contribution < 1.29 is 49.8 Å². The van der Waals surface area contributed by atoms with Crippen molar-refractivity contribution in [1.82, 2.24) is 10.6 Å². The van der Waals surface area contributed by atoms with Gasteiger partial charge in [-0.05, 0) is 69.6 Å². The molecule has 198 valence electrons. The number of carbonyl (C=O) groups is 2. The van der Waals surface area contributed by atoms with E-state index >= 15 is 0 Å². The number of rotatable bonds is 8. The number of halogens is 7. The molecule has 2 saturated carbocycles. The smallest absolute Gasteiger partial charge is 0.443 e. The summed E-state index contributed by atoms with van der Waals surface area (Å²) in [7, 11) is 0. The molecule has 2 N–H and O–H groups in total. The van der Waals surface area contributed by atoms with Crippen molar-refractivity contribution in [2.45, 2.75) is 94.8 Å². The second-order valence-corrected chi connectivity index (χ2v) is 9.38. The summed E-state index contributed by atoms with van der Waals surface area (Å²) < 4.78 is 96.0. The van der Waals surface area contributed by atoms with Gasteiger partial charge in [-0.1, -0.05) is 0 Å². The third-order valence-corrected chi connectivity index (χ3v) is 6.26. The summed E-state index contributed by atoms with van der Waals surface area (Å²) in [5, 5.41) is 4.96. The van der Waals surface area contributed by atoms with E-state index in [2.05, 4.69) is 20.1 Å². The van der Waals surface area contributed by atoms with E-state index < -0.39 is 43.4 Å². The highest BCUT2D eigenvalue weighted by Gasteiger charge is 2.58. The minimum absolute atomic E-state index is 0.120. The molecule has 0 aromatic carbocycles. The van der Waals surface area contributed by atoms with E-state index in [1.54, 1.807) is 0 Å². The van der Waals surface area contributed by atoms with Crippen molar-refractivity contribution in [3.63, 3.8) is 0 Å². The molecule has 0 aromatic heterocycles. The molecule has 0 unspecified atom stereocenters. The SMILES string of the molecule is CC(F)(F)COC(=O)NC1CCC(CC2CCC(NC(=O)OCC(F)(F)C(F)(F)F)CC2)CC1. The van der Waals surface area contributed by atoms with Crippen LogP contribution in [0.3, 0.4) is 0 Å². The van der Waals surface area contributed by atoms with E-state index in [4.69, 9.17) is 0 Å². The molecule has 0 bridgehead atoms. The first kappa shape index (κ1) is 28.3. The molecule has 6 nitrogen and oxygen atoms in total. The number of amides is 2. The Kier molecular flexibility index (Phi) is 9.70. The van der Waals surface area contributed by atoms with Gasteiger partial charge in [-0.15, -0.1) is 0 Å². The Bertz CT molecular complexity index is 669. The van der Waals surface area contributed by atoms with Crippen molar-refractivity contribution in [3.8, 4) is 0 Å². The molecule has 2 aliphatic carbocycles. The van der Waals surface area contributed by atoms with Crippen LogP contribution in [0.15, 0.2) is 0 Å². The molecule has 0 atom stereocenters. The predicted octanol–water partition coefficient (Wildman–Crippen LogP) is 5.80. The van der Waals surface area contributed by atoms with Gasteiger partial charge in [0.2, 0.25) is 0 Å². The number of alkyl carbamates (subject to hydrolysis) is 2. The second kappa shape index (κ2) is 11.7. The summed E-state index contributed by atoms with van der Waals surface area (Å²) in [6.07, 6.45) is -1.11. The first-order valence-electron chi connectivity index (χ1n) is 11.3. The lowest BCUT2D eigenvalue weighted by atomic mass is 9.76. The molecular weight excluding hydrogens is 477 g/mol. The lowest BCUT2D eigenvalue weighted by Gasteiger charge is -2.34. The van der Waals surface area contributed by atoms with E-state index in [1.807, 2.05) is 0 Å². The highest BCUT2D eigenvalue weighted by Crippen LogP contribution is 2.37. The highest BCUT2D eigenvalue weighted by molar-refractivity contribution is 5.68. The minimum Gasteiger partial charge on any atom is -0.443 e. The maximum absolute atomic E-state index is 12.8. The first-order chi connectivity index (χ1) is 15.6. The summed E-state index contributed by atoms with van der Waals surface area (Å²) in [6.45, 7) is -2.36. The maximum Gasteiger partial charge on any atom is 0.456 e.